The second-order valence-electron chi connectivity index (χ2n) is 3.98. The van der Waals surface area contributed by atoms with Gasteiger partial charge in [-0.3, -0.25) is 4.18 Å². The lowest BCUT2D eigenvalue weighted by Gasteiger charge is -2.08. The fourth-order valence-electron chi connectivity index (χ4n) is 1.58. The summed E-state index contributed by atoms with van der Waals surface area (Å²) in [5.41, 5.74) is 0.786. The Morgan fingerprint density at radius 2 is 2.05 bits per heavy atom. The standard InChI is InChI=1S/C12H14N2O4S/c1-9-13-8-10-11(14-9)4-3-5-12(10)17-6-7-18-19(2,15)16/h3-5,8H,6-7H2,1-2H3. The molecule has 0 spiro atoms. The molecule has 1 heterocycles. The highest BCUT2D eigenvalue weighted by Crippen LogP contribution is 2.23. The third-order valence-corrected chi connectivity index (χ3v) is 2.94. The van der Waals surface area contributed by atoms with Crippen molar-refractivity contribution in [3.63, 3.8) is 0 Å². The molecule has 102 valence electrons. The van der Waals surface area contributed by atoms with Crippen molar-refractivity contribution in [1.82, 2.24) is 9.97 Å². The number of aryl methyl sites for hydroxylation is 1. The SMILES string of the molecule is Cc1ncc2c(OCCOS(C)(=O)=O)cccc2n1. The summed E-state index contributed by atoms with van der Waals surface area (Å²) in [5.74, 6) is 1.29. The van der Waals surface area contributed by atoms with Crippen LogP contribution in [0.5, 0.6) is 5.75 Å². The van der Waals surface area contributed by atoms with Crippen LogP contribution in [0.2, 0.25) is 0 Å². The Morgan fingerprint density at radius 1 is 1.26 bits per heavy atom. The van der Waals surface area contributed by atoms with Gasteiger partial charge in [0.2, 0.25) is 0 Å². The highest BCUT2D eigenvalue weighted by atomic mass is 32.2. The summed E-state index contributed by atoms with van der Waals surface area (Å²) in [6, 6.07) is 5.47. The largest absolute Gasteiger partial charge is 0.490 e. The number of ether oxygens (including phenoxy) is 1. The number of aromatic nitrogens is 2. The Labute approximate surface area is 111 Å². The van der Waals surface area contributed by atoms with Gasteiger partial charge in [-0.2, -0.15) is 8.42 Å². The second kappa shape index (κ2) is 5.50. The minimum absolute atomic E-state index is 0.0259. The van der Waals surface area contributed by atoms with Crippen molar-refractivity contribution in [3.8, 4) is 5.75 Å². The summed E-state index contributed by atoms with van der Waals surface area (Å²) in [6.45, 7) is 1.93. The van der Waals surface area contributed by atoms with Crippen LogP contribution in [0, 0.1) is 6.92 Å². The lowest BCUT2D eigenvalue weighted by atomic mass is 10.2. The highest BCUT2D eigenvalue weighted by molar-refractivity contribution is 7.85. The summed E-state index contributed by atoms with van der Waals surface area (Å²) < 4.78 is 31.7. The van der Waals surface area contributed by atoms with Crippen LogP contribution < -0.4 is 4.74 Å². The van der Waals surface area contributed by atoms with Crippen molar-refractivity contribution in [2.24, 2.45) is 0 Å². The Bertz CT molecular complexity index is 685. The van der Waals surface area contributed by atoms with Crippen molar-refractivity contribution in [1.29, 1.82) is 0 Å². The summed E-state index contributed by atoms with van der Waals surface area (Å²) in [4.78, 5) is 8.40. The van der Waals surface area contributed by atoms with E-state index in [2.05, 4.69) is 14.2 Å². The first-order valence-electron chi connectivity index (χ1n) is 5.65. The minimum Gasteiger partial charge on any atom is -0.490 e. The van der Waals surface area contributed by atoms with Crippen LogP contribution in [0.3, 0.4) is 0 Å². The van der Waals surface area contributed by atoms with Crippen LogP contribution >= 0.6 is 0 Å². The first kappa shape index (κ1) is 13.7. The molecule has 0 aliphatic carbocycles. The minimum atomic E-state index is -3.43. The predicted octanol–water partition coefficient (Wildman–Crippen LogP) is 1.29. The predicted molar refractivity (Wildman–Crippen MR) is 70.6 cm³/mol. The summed E-state index contributed by atoms with van der Waals surface area (Å²) in [6.07, 6.45) is 2.69. The third kappa shape index (κ3) is 3.87. The van der Waals surface area contributed by atoms with E-state index in [-0.39, 0.29) is 13.2 Å². The van der Waals surface area contributed by atoms with Crippen molar-refractivity contribution in [3.05, 3.63) is 30.2 Å². The number of fused-ring (bicyclic) bond motifs is 1. The van der Waals surface area contributed by atoms with Crippen molar-refractivity contribution >= 4 is 21.0 Å². The first-order chi connectivity index (χ1) is 8.96. The van der Waals surface area contributed by atoms with E-state index in [1.54, 1.807) is 12.3 Å². The lowest BCUT2D eigenvalue weighted by Crippen LogP contribution is -2.11. The molecule has 0 atom stereocenters. The zero-order valence-corrected chi connectivity index (χ0v) is 11.5. The molecule has 0 unspecified atom stereocenters. The van der Waals surface area contributed by atoms with Crippen molar-refractivity contribution < 1.29 is 17.3 Å². The zero-order chi connectivity index (χ0) is 13.9. The lowest BCUT2D eigenvalue weighted by molar-refractivity contribution is 0.224. The van der Waals surface area contributed by atoms with Gasteiger partial charge in [0.05, 0.1) is 17.2 Å². The van der Waals surface area contributed by atoms with Gasteiger partial charge in [-0.05, 0) is 19.1 Å². The number of nitrogens with zero attached hydrogens (tertiary/aromatic N) is 2. The molecule has 1 aromatic carbocycles. The van der Waals surface area contributed by atoms with Crippen LogP contribution in [-0.4, -0.2) is 37.9 Å². The molecule has 0 saturated heterocycles. The van der Waals surface area contributed by atoms with E-state index in [4.69, 9.17) is 4.74 Å². The van der Waals surface area contributed by atoms with Gasteiger partial charge in [0.25, 0.3) is 10.1 Å². The second-order valence-corrected chi connectivity index (χ2v) is 5.62. The van der Waals surface area contributed by atoms with Gasteiger partial charge in [0.1, 0.15) is 24.8 Å². The molecule has 0 aliphatic heterocycles. The summed E-state index contributed by atoms with van der Waals surface area (Å²) >= 11 is 0. The molecule has 2 rings (SSSR count). The molecule has 19 heavy (non-hydrogen) atoms. The molecule has 6 nitrogen and oxygen atoms in total. The molecule has 7 heteroatoms. The van der Waals surface area contributed by atoms with Gasteiger partial charge in [0, 0.05) is 6.20 Å². The van der Waals surface area contributed by atoms with E-state index >= 15 is 0 Å². The Morgan fingerprint density at radius 3 is 2.79 bits per heavy atom. The van der Waals surface area contributed by atoms with Gasteiger partial charge in [-0.1, -0.05) is 6.07 Å². The Balaban J connectivity index is 2.09. The fourth-order valence-corrected chi connectivity index (χ4v) is 1.95. The van der Waals surface area contributed by atoms with Crippen LogP contribution in [0.15, 0.2) is 24.4 Å². The van der Waals surface area contributed by atoms with Crippen molar-refractivity contribution in [2.45, 2.75) is 6.92 Å². The maximum atomic E-state index is 10.8. The number of hydrogen-bond donors (Lipinski definition) is 0. The topological polar surface area (TPSA) is 78.4 Å². The van der Waals surface area contributed by atoms with E-state index in [0.29, 0.717) is 11.6 Å². The molecule has 1 aromatic heterocycles. The van der Waals surface area contributed by atoms with Gasteiger partial charge in [-0.25, -0.2) is 9.97 Å². The molecule has 0 aliphatic rings. The summed E-state index contributed by atoms with van der Waals surface area (Å²) in [7, 11) is -3.43. The molecule has 0 bridgehead atoms. The zero-order valence-electron chi connectivity index (χ0n) is 10.7. The number of benzene rings is 1. The van der Waals surface area contributed by atoms with E-state index < -0.39 is 10.1 Å². The third-order valence-electron chi connectivity index (χ3n) is 2.34. The molecular weight excluding hydrogens is 268 g/mol. The highest BCUT2D eigenvalue weighted by Gasteiger charge is 2.05. The van der Waals surface area contributed by atoms with E-state index in [1.807, 2.05) is 19.1 Å². The smallest absolute Gasteiger partial charge is 0.264 e. The Hall–Kier alpha value is -1.73. The van der Waals surface area contributed by atoms with Crippen LogP contribution in [0.25, 0.3) is 10.9 Å². The van der Waals surface area contributed by atoms with E-state index in [0.717, 1.165) is 17.2 Å². The maximum absolute atomic E-state index is 10.8. The molecule has 0 saturated carbocycles. The van der Waals surface area contributed by atoms with E-state index in [1.165, 1.54) is 0 Å². The molecule has 0 N–H and O–H groups in total. The van der Waals surface area contributed by atoms with Gasteiger partial charge in [-0.15, -0.1) is 0 Å². The van der Waals surface area contributed by atoms with Gasteiger partial charge < -0.3 is 4.74 Å². The van der Waals surface area contributed by atoms with Gasteiger partial charge in [0.15, 0.2) is 0 Å². The number of rotatable bonds is 5. The monoisotopic (exact) mass is 282 g/mol. The fraction of sp³-hybridized carbons (Fsp3) is 0.333. The molecule has 0 amide bonds. The molecule has 0 radical (unpaired) electrons. The Kier molecular flexibility index (Phi) is 3.96. The average molecular weight is 282 g/mol. The summed E-state index contributed by atoms with van der Waals surface area (Å²) in [5, 5.41) is 0.785. The molecular formula is C12H14N2O4S. The van der Waals surface area contributed by atoms with Crippen molar-refractivity contribution in [2.75, 3.05) is 19.5 Å². The quantitative estimate of drug-likeness (QED) is 0.607. The first-order valence-corrected chi connectivity index (χ1v) is 7.47. The number of hydrogen-bond acceptors (Lipinski definition) is 6. The normalized spacial score (nSPS) is 11.7. The van der Waals surface area contributed by atoms with Crippen LogP contribution in [0.1, 0.15) is 5.82 Å². The maximum Gasteiger partial charge on any atom is 0.264 e. The van der Waals surface area contributed by atoms with Crippen LogP contribution in [-0.2, 0) is 14.3 Å². The molecule has 2 aromatic rings. The van der Waals surface area contributed by atoms with Gasteiger partial charge >= 0.3 is 0 Å². The molecule has 0 fully saturated rings. The van der Waals surface area contributed by atoms with E-state index in [9.17, 15) is 8.42 Å². The average Bonchev–Trinajstić information content (AvgIpc) is 2.33. The van der Waals surface area contributed by atoms with Crippen LogP contribution in [0.4, 0.5) is 0 Å².